The first-order valence-electron chi connectivity index (χ1n) is 8.19. The van der Waals surface area contributed by atoms with Crippen molar-refractivity contribution in [2.75, 3.05) is 0 Å². The highest BCUT2D eigenvalue weighted by Crippen LogP contribution is 2.69. The fraction of sp³-hybridized carbons (Fsp3) is 0.316. The van der Waals surface area contributed by atoms with Crippen LogP contribution in [0.2, 0.25) is 0 Å². The molecule has 4 nitrogen and oxygen atoms in total. The molecule has 0 aliphatic heterocycles. The van der Waals surface area contributed by atoms with Crippen molar-refractivity contribution in [2.24, 2.45) is 5.41 Å². The summed E-state index contributed by atoms with van der Waals surface area (Å²) < 4.78 is 44.0. The second-order valence-corrected chi connectivity index (χ2v) is 7.10. The molecule has 1 fully saturated rings. The lowest BCUT2D eigenvalue weighted by Crippen LogP contribution is -2.05. The summed E-state index contributed by atoms with van der Waals surface area (Å²) >= 11 is 0. The number of hydrogen-bond acceptors (Lipinski definition) is 4. The molecule has 3 aromatic rings. The number of rotatable bonds is 3. The molecule has 0 saturated heterocycles. The van der Waals surface area contributed by atoms with Crippen LogP contribution in [0.5, 0.6) is 0 Å². The van der Waals surface area contributed by atoms with E-state index in [1.54, 1.807) is 0 Å². The van der Waals surface area contributed by atoms with Crippen LogP contribution < -0.4 is 0 Å². The Morgan fingerprint density at radius 2 is 1.77 bits per heavy atom. The van der Waals surface area contributed by atoms with Gasteiger partial charge >= 0.3 is 6.18 Å². The van der Waals surface area contributed by atoms with E-state index in [4.69, 9.17) is 4.52 Å². The van der Waals surface area contributed by atoms with Crippen molar-refractivity contribution in [2.45, 2.75) is 31.9 Å². The molecule has 0 radical (unpaired) electrons. The maximum atomic E-state index is 12.9. The molecule has 0 bridgehead atoms. The number of hydrogen-bond donors (Lipinski definition) is 0. The second kappa shape index (κ2) is 5.65. The average Bonchev–Trinajstić information content (AvgIpc) is 2.95. The van der Waals surface area contributed by atoms with Gasteiger partial charge in [0.25, 0.3) is 0 Å². The van der Waals surface area contributed by atoms with Gasteiger partial charge in [-0.15, -0.1) is 0 Å². The summed E-state index contributed by atoms with van der Waals surface area (Å²) in [7, 11) is 0. The number of nitrogens with zero attached hydrogens (tertiary/aromatic N) is 3. The number of pyridine rings is 1. The van der Waals surface area contributed by atoms with Crippen LogP contribution >= 0.6 is 0 Å². The topological polar surface area (TPSA) is 51.8 Å². The molecule has 1 aromatic carbocycles. The van der Waals surface area contributed by atoms with Crippen molar-refractivity contribution in [1.29, 1.82) is 0 Å². The molecule has 0 amide bonds. The number of aromatic nitrogens is 3. The summed E-state index contributed by atoms with van der Waals surface area (Å²) in [6.07, 6.45) is -2.39. The maximum absolute atomic E-state index is 12.9. The third-order valence-electron chi connectivity index (χ3n) is 5.02. The van der Waals surface area contributed by atoms with Gasteiger partial charge in [0.15, 0.2) is 0 Å². The average molecular weight is 359 g/mol. The molecule has 2 aromatic heterocycles. The highest BCUT2D eigenvalue weighted by molar-refractivity contribution is 5.54. The van der Waals surface area contributed by atoms with Crippen LogP contribution in [0, 0.1) is 5.41 Å². The van der Waals surface area contributed by atoms with Gasteiger partial charge in [0.05, 0.1) is 11.5 Å². The van der Waals surface area contributed by atoms with E-state index in [0.717, 1.165) is 12.3 Å². The lowest BCUT2D eigenvalue weighted by atomic mass is 10.0. The van der Waals surface area contributed by atoms with Crippen LogP contribution in [0.15, 0.2) is 53.3 Å². The fourth-order valence-corrected chi connectivity index (χ4v) is 3.58. The van der Waals surface area contributed by atoms with Crippen molar-refractivity contribution in [3.05, 3.63) is 65.8 Å². The minimum Gasteiger partial charge on any atom is -0.339 e. The van der Waals surface area contributed by atoms with E-state index in [0.29, 0.717) is 5.89 Å². The molecule has 0 spiro atoms. The normalized spacial score (nSPS) is 21.6. The summed E-state index contributed by atoms with van der Waals surface area (Å²) in [5, 5.41) is 3.87. The Kier molecular flexibility index (Phi) is 3.64. The van der Waals surface area contributed by atoms with Crippen LogP contribution in [0.4, 0.5) is 13.2 Å². The molecule has 26 heavy (non-hydrogen) atoms. The zero-order valence-corrected chi connectivity index (χ0v) is 14.2. The van der Waals surface area contributed by atoms with Crippen LogP contribution in [-0.4, -0.2) is 15.1 Å². The van der Waals surface area contributed by atoms with Gasteiger partial charge in [0.2, 0.25) is 11.7 Å². The number of alkyl halides is 3. The van der Waals surface area contributed by atoms with E-state index in [-0.39, 0.29) is 28.6 Å². The van der Waals surface area contributed by atoms with E-state index >= 15 is 0 Å². The third-order valence-corrected chi connectivity index (χ3v) is 5.02. The molecule has 1 aliphatic rings. The van der Waals surface area contributed by atoms with E-state index in [9.17, 15) is 13.2 Å². The monoisotopic (exact) mass is 359 g/mol. The maximum Gasteiger partial charge on any atom is 0.417 e. The van der Waals surface area contributed by atoms with Crippen molar-refractivity contribution in [3.63, 3.8) is 0 Å². The standard InChI is InChI=1S/C19H16F3N3O/c1-18(2)14(11-6-4-3-5-7-11)15(18)17-24-16(25-26-17)12-8-13(10-23-9-12)19(20,21)22/h3-10,14-15H,1-2H3/t14-,15+/m1/s1. The lowest BCUT2D eigenvalue weighted by Gasteiger charge is -2.05. The largest absolute Gasteiger partial charge is 0.417 e. The van der Waals surface area contributed by atoms with Gasteiger partial charge in [-0.25, -0.2) is 0 Å². The predicted octanol–water partition coefficient (Wildman–Crippen LogP) is 5.06. The summed E-state index contributed by atoms with van der Waals surface area (Å²) in [4.78, 5) is 8.00. The Balaban J connectivity index is 1.64. The van der Waals surface area contributed by atoms with Gasteiger partial charge in [0, 0.05) is 23.9 Å². The minimum absolute atomic E-state index is 0.0323. The molecule has 0 N–H and O–H groups in total. The van der Waals surface area contributed by atoms with Crippen molar-refractivity contribution < 1.29 is 17.7 Å². The van der Waals surface area contributed by atoms with Crippen LogP contribution in [0.3, 0.4) is 0 Å². The zero-order chi connectivity index (χ0) is 18.5. The van der Waals surface area contributed by atoms with Gasteiger partial charge in [-0.2, -0.15) is 18.2 Å². The lowest BCUT2D eigenvalue weighted by molar-refractivity contribution is -0.137. The minimum atomic E-state index is -4.47. The highest BCUT2D eigenvalue weighted by atomic mass is 19.4. The zero-order valence-electron chi connectivity index (χ0n) is 14.2. The predicted molar refractivity (Wildman–Crippen MR) is 88.2 cm³/mol. The molecule has 7 heteroatoms. The summed E-state index contributed by atoms with van der Waals surface area (Å²) in [6, 6.07) is 11.0. The molecule has 0 unspecified atom stereocenters. The molecule has 134 valence electrons. The van der Waals surface area contributed by atoms with Crippen molar-refractivity contribution in [1.82, 2.24) is 15.1 Å². The Morgan fingerprint density at radius 1 is 1.04 bits per heavy atom. The SMILES string of the molecule is CC1(C)[C@H](c2ccccc2)[C@H]1c1nc(-c2cncc(C(F)(F)F)c2)no1. The van der Waals surface area contributed by atoms with Crippen molar-refractivity contribution in [3.8, 4) is 11.4 Å². The summed E-state index contributed by atoms with van der Waals surface area (Å²) in [5.41, 5.74) is 0.472. The first-order valence-corrected chi connectivity index (χ1v) is 8.19. The fourth-order valence-electron chi connectivity index (χ4n) is 3.58. The van der Waals surface area contributed by atoms with Gasteiger partial charge in [-0.3, -0.25) is 4.98 Å². The molecule has 1 saturated carbocycles. The Hall–Kier alpha value is -2.70. The molecular weight excluding hydrogens is 343 g/mol. The quantitative estimate of drug-likeness (QED) is 0.656. The molecule has 2 atom stereocenters. The Labute approximate surface area is 148 Å². The van der Waals surface area contributed by atoms with Crippen molar-refractivity contribution >= 4 is 0 Å². The number of benzene rings is 1. The van der Waals surface area contributed by atoms with Gasteiger partial charge in [-0.05, 0) is 17.0 Å². The molecule has 1 aliphatic carbocycles. The van der Waals surface area contributed by atoms with E-state index in [1.807, 2.05) is 18.2 Å². The van der Waals surface area contributed by atoms with Crippen LogP contribution in [0.25, 0.3) is 11.4 Å². The Morgan fingerprint density at radius 3 is 2.46 bits per heavy atom. The summed E-state index contributed by atoms with van der Waals surface area (Å²) in [6.45, 7) is 4.23. The number of halogens is 3. The first kappa shape index (κ1) is 16.8. The first-order chi connectivity index (χ1) is 12.3. The molecule has 4 rings (SSSR count). The van der Waals surface area contributed by atoms with E-state index in [1.165, 1.54) is 11.8 Å². The molecular formula is C19H16F3N3O. The Bertz CT molecular complexity index is 934. The molecule has 2 heterocycles. The smallest absolute Gasteiger partial charge is 0.339 e. The van der Waals surface area contributed by atoms with Gasteiger partial charge in [-0.1, -0.05) is 49.3 Å². The van der Waals surface area contributed by atoms with E-state index < -0.39 is 11.7 Å². The summed E-state index contributed by atoms with van der Waals surface area (Å²) in [5.74, 6) is 0.825. The van der Waals surface area contributed by atoms with Crippen LogP contribution in [0.1, 0.15) is 42.7 Å². The van der Waals surface area contributed by atoms with Gasteiger partial charge in [0.1, 0.15) is 0 Å². The third kappa shape index (κ3) is 2.77. The van der Waals surface area contributed by atoms with Crippen LogP contribution in [-0.2, 0) is 6.18 Å². The highest BCUT2D eigenvalue weighted by Gasteiger charge is 2.61. The van der Waals surface area contributed by atoms with E-state index in [2.05, 4.69) is 41.1 Å². The second-order valence-electron chi connectivity index (χ2n) is 7.10. The van der Waals surface area contributed by atoms with Gasteiger partial charge < -0.3 is 4.52 Å².